The third-order valence-electron chi connectivity index (χ3n) is 2.97. The minimum atomic E-state index is -4.46. The molecule has 1 aliphatic heterocycles. The van der Waals surface area contributed by atoms with Crippen molar-refractivity contribution in [1.29, 1.82) is 0 Å². The Morgan fingerprint density at radius 3 is 2.32 bits per heavy atom. The summed E-state index contributed by atoms with van der Waals surface area (Å²) in [5.41, 5.74) is -0.669. The first-order chi connectivity index (χ1) is 8.80. The van der Waals surface area contributed by atoms with Crippen LogP contribution >= 0.6 is 0 Å². The Morgan fingerprint density at radius 2 is 1.84 bits per heavy atom. The van der Waals surface area contributed by atoms with Gasteiger partial charge < -0.3 is 5.11 Å². The monoisotopic (exact) mass is 273 g/mol. The van der Waals surface area contributed by atoms with Gasteiger partial charge in [0.05, 0.1) is 5.56 Å². The fraction of sp³-hybridized carbons (Fsp3) is 0.333. The predicted octanol–water partition coefficient (Wildman–Crippen LogP) is 2.29. The van der Waals surface area contributed by atoms with E-state index in [2.05, 4.69) is 0 Å². The zero-order valence-corrected chi connectivity index (χ0v) is 9.65. The topological polar surface area (TPSA) is 57.6 Å². The van der Waals surface area contributed by atoms with Gasteiger partial charge in [-0.2, -0.15) is 13.2 Å². The van der Waals surface area contributed by atoms with E-state index >= 15 is 0 Å². The fourth-order valence-corrected chi connectivity index (χ4v) is 2.05. The van der Waals surface area contributed by atoms with Gasteiger partial charge in [-0.15, -0.1) is 0 Å². The third-order valence-corrected chi connectivity index (χ3v) is 2.97. The summed E-state index contributed by atoms with van der Waals surface area (Å²) in [6, 6.07) is 2.88. The highest BCUT2D eigenvalue weighted by molar-refractivity contribution is 6.02. The third kappa shape index (κ3) is 2.54. The van der Waals surface area contributed by atoms with Gasteiger partial charge in [-0.25, -0.2) is 4.79 Å². The lowest BCUT2D eigenvalue weighted by Gasteiger charge is -2.22. The highest BCUT2D eigenvalue weighted by Gasteiger charge is 2.37. The van der Waals surface area contributed by atoms with Crippen LogP contribution in [0.15, 0.2) is 24.3 Å². The molecule has 1 fully saturated rings. The number of benzene rings is 1. The normalized spacial score (nSPS) is 19.8. The van der Waals surface area contributed by atoms with E-state index in [1.54, 1.807) is 0 Å². The van der Waals surface area contributed by atoms with Gasteiger partial charge in [0.15, 0.2) is 0 Å². The van der Waals surface area contributed by atoms with Gasteiger partial charge in [0.2, 0.25) is 5.91 Å². The number of hydrogen-bond donors (Lipinski definition) is 1. The molecule has 0 aromatic heterocycles. The van der Waals surface area contributed by atoms with Gasteiger partial charge in [-0.1, -0.05) is 0 Å². The summed E-state index contributed by atoms with van der Waals surface area (Å²) in [4.78, 5) is 23.6. The molecule has 4 nitrogen and oxygen atoms in total. The standard InChI is InChI=1S/C12H10F3NO3/c13-12(14,15)7-1-3-8(4-2-7)16-9(11(18)19)5-6-10(16)17/h1-4,9H,5-6H2,(H,18,19)/t9-/m1/s1. The molecule has 19 heavy (non-hydrogen) atoms. The van der Waals surface area contributed by atoms with Crippen LogP contribution in [0.1, 0.15) is 18.4 Å². The minimum Gasteiger partial charge on any atom is -0.480 e. The van der Waals surface area contributed by atoms with Crippen molar-refractivity contribution in [3.05, 3.63) is 29.8 Å². The molecule has 1 heterocycles. The molecule has 0 spiro atoms. The lowest BCUT2D eigenvalue weighted by Crippen LogP contribution is -2.38. The van der Waals surface area contributed by atoms with Crippen LogP contribution < -0.4 is 4.90 Å². The fourth-order valence-electron chi connectivity index (χ4n) is 2.05. The molecule has 2 rings (SSSR count). The number of carboxylic acids is 1. The van der Waals surface area contributed by atoms with E-state index in [-0.39, 0.29) is 18.5 Å². The zero-order valence-electron chi connectivity index (χ0n) is 9.65. The number of aliphatic carboxylic acids is 1. The highest BCUT2D eigenvalue weighted by Crippen LogP contribution is 2.32. The average molecular weight is 273 g/mol. The molecule has 1 N–H and O–H groups in total. The Hall–Kier alpha value is -2.05. The summed E-state index contributed by atoms with van der Waals surface area (Å²) in [6.45, 7) is 0. The number of carboxylic acid groups (broad SMARTS) is 1. The maximum absolute atomic E-state index is 12.4. The van der Waals surface area contributed by atoms with E-state index in [0.717, 1.165) is 29.2 Å². The molecule has 1 saturated heterocycles. The van der Waals surface area contributed by atoms with E-state index in [1.807, 2.05) is 0 Å². The van der Waals surface area contributed by atoms with Crippen LogP contribution in [-0.4, -0.2) is 23.0 Å². The number of rotatable bonds is 2. The second kappa shape index (κ2) is 4.56. The Morgan fingerprint density at radius 1 is 1.26 bits per heavy atom. The van der Waals surface area contributed by atoms with Gasteiger partial charge in [0.25, 0.3) is 0 Å². The number of carbonyl (C=O) groups is 2. The Balaban J connectivity index is 2.31. The number of anilines is 1. The van der Waals surface area contributed by atoms with E-state index in [0.29, 0.717) is 0 Å². The number of amides is 1. The van der Waals surface area contributed by atoms with Crippen LogP contribution in [0.4, 0.5) is 18.9 Å². The molecule has 0 bridgehead atoms. The molecule has 0 radical (unpaired) electrons. The molecule has 1 atom stereocenters. The van der Waals surface area contributed by atoms with Crippen molar-refractivity contribution in [1.82, 2.24) is 0 Å². The Kier molecular flexibility index (Phi) is 3.21. The second-order valence-corrected chi connectivity index (χ2v) is 4.20. The molecule has 1 aliphatic rings. The SMILES string of the molecule is O=C(O)[C@H]1CCC(=O)N1c1ccc(C(F)(F)F)cc1. The number of halogens is 3. The van der Waals surface area contributed by atoms with Crippen molar-refractivity contribution in [3.63, 3.8) is 0 Å². The van der Waals surface area contributed by atoms with Gasteiger partial charge >= 0.3 is 12.1 Å². The molecular formula is C12H10F3NO3. The molecular weight excluding hydrogens is 263 g/mol. The van der Waals surface area contributed by atoms with Crippen LogP contribution in [0.2, 0.25) is 0 Å². The summed E-state index contributed by atoms with van der Waals surface area (Å²) in [5, 5.41) is 8.97. The minimum absolute atomic E-state index is 0.0813. The maximum Gasteiger partial charge on any atom is 0.416 e. The maximum atomic E-state index is 12.4. The Labute approximate surface area is 106 Å². The summed E-state index contributed by atoms with van der Waals surface area (Å²) in [7, 11) is 0. The summed E-state index contributed by atoms with van der Waals surface area (Å²) < 4.78 is 37.2. The largest absolute Gasteiger partial charge is 0.480 e. The lowest BCUT2D eigenvalue weighted by atomic mass is 10.1. The van der Waals surface area contributed by atoms with E-state index in [1.165, 1.54) is 0 Å². The highest BCUT2D eigenvalue weighted by atomic mass is 19.4. The van der Waals surface area contributed by atoms with Crippen LogP contribution in [-0.2, 0) is 15.8 Å². The van der Waals surface area contributed by atoms with Gasteiger partial charge in [0.1, 0.15) is 6.04 Å². The van der Waals surface area contributed by atoms with Crippen LogP contribution in [0.3, 0.4) is 0 Å². The smallest absolute Gasteiger partial charge is 0.416 e. The second-order valence-electron chi connectivity index (χ2n) is 4.20. The van der Waals surface area contributed by atoms with E-state index in [9.17, 15) is 22.8 Å². The van der Waals surface area contributed by atoms with E-state index in [4.69, 9.17) is 5.11 Å². The molecule has 1 amide bonds. The molecule has 102 valence electrons. The molecule has 1 aromatic carbocycles. The van der Waals surface area contributed by atoms with Gasteiger partial charge in [-0.05, 0) is 30.7 Å². The predicted molar refractivity (Wildman–Crippen MR) is 59.6 cm³/mol. The van der Waals surface area contributed by atoms with Crippen molar-refractivity contribution in [2.75, 3.05) is 4.90 Å². The first-order valence-electron chi connectivity index (χ1n) is 5.53. The summed E-state index contributed by atoms with van der Waals surface area (Å²) >= 11 is 0. The van der Waals surface area contributed by atoms with Crippen LogP contribution in [0.5, 0.6) is 0 Å². The number of hydrogen-bond acceptors (Lipinski definition) is 2. The van der Waals surface area contributed by atoms with Crippen molar-refractivity contribution in [2.45, 2.75) is 25.1 Å². The molecule has 7 heteroatoms. The molecule has 0 aliphatic carbocycles. The van der Waals surface area contributed by atoms with Gasteiger partial charge in [0, 0.05) is 12.1 Å². The van der Waals surface area contributed by atoms with Gasteiger partial charge in [-0.3, -0.25) is 9.69 Å². The zero-order chi connectivity index (χ0) is 14.2. The number of nitrogens with zero attached hydrogens (tertiary/aromatic N) is 1. The van der Waals surface area contributed by atoms with Crippen molar-refractivity contribution in [2.24, 2.45) is 0 Å². The first kappa shape index (κ1) is 13.4. The van der Waals surface area contributed by atoms with Crippen molar-refractivity contribution >= 4 is 17.6 Å². The van der Waals surface area contributed by atoms with E-state index < -0.39 is 29.7 Å². The van der Waals surface area contributed by atoms with Crippen molar-refractivity contribution < 1.29 is 27.9 Å². The van der Waals surface area contributed by atoms with Crippen LogP contribution in [0.25, 0.3) is 0 Å². The molecule has 0 unspecified atom stereocenters. The number of alkyl halides is 3. The van der Waals surface area contributed by atoms with Crippen LogP contribution in [0, 0.1) is 0 Å². The quantitative estimate of drug-likeness (QED) is 0.899. The summed E-state index contributed by atoms with van der Waals surface area (Å²) in [6.07, 6.45) is -4.22. The van der Waals surface area contributed by atoms with Crippen molar-refractivity contribution in [3.8, 4) is 0 Å². The first-order valence-corrected chi connectivity index (χ1v) is 5.53. The summed E-state index contributed by atoms with van der Waals surface area (Å²) in [5.74, 6) is -1.56. The molecule has 1 aromatic rings. The average Bonchev–Trinajstić information content (AvgIpc) is 2.70. The Bertz CT molecular complexity index is 510. The molecule has 0 saturated carbocycles. The number of carbonyl (C=O) groups excluding carboxylic acids is 1. The lowest BCUT2D eigenvalue weighted by molar-refractivity contribution is -0.139.